The van der Waals surface area contributed by atoms with Crippen molar-refractivity contribution in [2.24, 2.45) is 11.8 Å². The summed E-state index contributed by atoms with van der Waals surface area (Å²) in [6.07, 6.45) is 6.24. The molecular weight excluding hydrogens is 340 g/mol. The van der Waals surface area contributed by atoms with Crippen LogP contribution >= 0.6 is 0 Å². The smallest absolute Gasteiger partial charge is 0.293 e. The Labute approximate surface area is 160 Å². The minimum absolute atomic E-state index is 0.00126. The molecule has 1 unspecified atom stereocenters. The van der Waals surface area contributed by atoms with Gasteiger partial charge in [-0.1, -0.05) is 25.1 Å². The molecule has 1 saturated carbocycles. The van der Waals surface area contributed by atoms with E-state index in [9.17, 15) is 9.59 Å². The average Bonchev–Trinajstić information content (AvgIpc) is 2.72. The summed E-state index contributed by atoms with van der Waals surface area (Å²) in [7, 11) is 1.78. The highest BCUT2D eigenvalue weighted by atomic mass is 16.5. The number of rotatable bonds is 7. The van der Waals surface area contributed by atoms with Crippen LogP contribution < -0.4 is 0 Å². The van der Waals surface area contributed by atoms with E-state index in [0.717, 1.165) is 31.2 Å². The van der Waals surface area contributed by atoms with E-state index in [1.807, 2.05) is 19.2 Å². The lowest BCUT2D eigenvalue weighted by Gasteiger charge is -2.33. The Hall–Kier alpha value is -2.43. The number of likely N-dealkylation sites (N-methyl/N-ethyl adjacent to an activating group) is 1. The highest BCUT2D eigenvalue weighted by molar-refractivity contribution is 5.82. The van der Waals surface area contributed by atoms with Gasteiger partial charge in [0.05, 0.1) is 12.1 Å². The van der Waals surface area contributed by atoms with Gasteiger partial charge in [-0.3, -0.25) is 14.6 Å². The number of para-hydroxylation sites is 1. The molecule has 2 aromatic rings. The minimum Gasteiger partial charge on any atom is -0.466 e. The number of pyridine rings is 1. The number of carbonyl (C=O) groups excluding carboxylic acids is 2. The summed E-state index contributed by atoms with van der Waals surface area (Å²) in [4.78, 5) is 29.0. The van der Waals surface area contributed by atoms with E-state index >= 15 is 0 Å². The molecule has 1 amide bonds. The molecule has 0 aliphatic heterocycles. The summed E-state index contributed by atoms with van der Waals surface area (Å²) < 4.78 is 4.70. The Kier molecular flexibility index (Phi) is 6.43. The summed E-state index contributed by atoms with van der Waals surface area (Å²) >= 11 is 0. The second-order valence-corrected chi connectivity index (χ2v) is 7.54. The molecule has 1 heterocycles. The van der Waals surface area contributed by atoms with Crippen LogP contribution in [0.2, 0.25) is 0 Å². The van der Waals surface area contributed by atoms with Gasteiger partial charge < -0.3 is 9.64 Å². The van der Waals surface area contributed by atoms with Crippen LogP contribution in [0.5, 0.6) is 0 Å². The summed E-state index contributed by atoms with van der Waals surface area (Å²) in [5.74, 6) is 1.09. The normalized spacial score (nSPS) is 20.8. The lowest BCUT2D eigenvalue weighted by molar-refractivity contribution is -0.138. The lowest BCUT2D eigenvalue weighted by atomic mass is 9.73. The third kappa shape index (κ3) is 4.46. The van der Waals surface area contributed by atoms with Gasteiger partial charge in [-0.15, -0.1) is 0 Å². The first kappa shape index (κ1) is 19.3. The molecule has 0 N–H and O–H groups in total. The number of aromatic nitrogens is 1. The Bertz CT molecular complexity index is 779. The standard InChI is InChI=1S/C22H28N2O3/c1-16(22(26)24(2)13-14-27-15-25)17-7-9-18(10-8-17)19-11-12-23-21-6-4-3-5-20(19)21/h3-6,11-12,15-18H,7-10,13-14H2,1-2H3. The maximum Gasteiger partial charge on any atom is 0.293 e. The minimum atomic E-state index is 0.00126. The third-order valence-electron chi connectivity index (χ3n) is 5.98. The fourth-order valence-electron chi connectivity index (χ4n) is 4.30. The highest BCUT2D eigenvalue weighted by Gasteiger charge is 2.31. The van der Waals surface area contributed by atoms with Crippen molar-refractivity contribution >= 4 is 23.3 Å². The fourth-order valence-corrected chi connectivity index (χ4v) is 4.30. The first-order valence-corrected chi connectivity index (χ1v) is 9.75. The van der Waals surface area contributed by atoms with Gasteiger partial charge in [0.25, 0.3) is 6.47 Å². The molecule has 0 spiro atoms. The monoisotopic (exact) mass is 368 g/mol. The molecule has 1 aliphatic rings. The summed E-state index contributed by atoms with van der Waals surface area (Å²) in [5.41, 5.74) is 2.45. The van der Waals surface area contributed by atoms with Crippen molar-refractivity contribution in [1.82, 2.24) is 9.88 Å². The van der Waals surface area contributed by atoms with E-state index in [1.165, 1.54) is 10.9 Å². The van der Waals surface area contributed by atoms with Crippen molar-refractivity contribution < 1.29 is 14.3 Å². The topological polar surface area (TPSA) is 59.5 Å². The van der Waals surface area contributed by atoms with E-state index in [2.05, 4.69) is 29.2 Å². The van der Waals surface area contributed by atoms with E-state index in [0.29, 0.717) is 24.9 Å². The van der Waals surface area contributed by atoms with Gasteiger partial charge in [0, 0.05) is 24.5 Å². The Balaban J connectivity index is 1.59. The van der Waals surface area contributed by atoms with Gasteiger partial charge in [-0.05, 0) is 55.2 Å². The molecule has 27 heavy (non-hydrogen) atoms. The van der Waals surface area contributed by atoms with E-state index in [-0.39, 0.29) is 18.4 Å². The van der Waals surface area contributed by atoms with Crippen molar-refractivity contribution in [1.29, 1.82) is 0 Å². The maximum absolute atomic E-state index is 12.6. The number of benzene rings is 1. The zero-order valence-electron chi connectivity index (χ0n) is 16.1. The maximum atomic E-state index is 12.6. The molecule has 0 saturated heterocycles. The molecule has 1 aromatic carbocycles. The zero-order chi connectivity index (χ0) is 19.2. The van der Waals surface area contributed by atoms with Gasteiger partial charge in [0.1, 0.15) is 6.61 Å². The zero-order valence-corrected chi connectivity index (χ0v) is 16.1. The largest absolute Gasteiger partial charge is 0.466 e. The van der Waals surface area contributed by atoms with Crippen LogP contribution in [-0.2, 0) is 14.3 Å². The van der Waals surface area contributed by atoms with Crippen LogP contribution in [0.3, 0.4) is 0 Å². The van der Waals surface area contributed by atoms with Gasteiger partial charge in [-0.2, -0.15) is 0 Å². The first-order valence-electron chi connectivity index (χ1n) is 9.75. The number of carbonyl (C=O) groups is 2. The molecule has 0 bridgehead atoms. The second-order valence-electron chi connectivity index (χ2n) is 7.54. The SMILES string of the molecule is CC(C(=O)N(C)CCOC=O)C1CCC(c2ccnc3ccccc23)CC1. The van der Waals surface area contributed by atoms with Gasteiger partial charge in [0.2, 0.25) is 5.91 Å². The second kappa shape index (κ2) is 8.98. The van der Waals surface area contributed by atoms with Crippen molar-refractivity contribution in [3.05, 3.63) is 42.1 Å². The number of hydrogen-bond acceptors (Lipinski definition) is 4. The van der Waals surface area contributed by atoms with Gasteiger partial charge in [0.15, 0.2) is 0 Å². The summed E-state index contributed by atoms with van der Waals surface area (Å²) in [5, 5.41) is 1.25. The number of nitrogens with zero attached hydrogens (tertiary/aromatic N) is 2. The van der Waals surface area contributed by atoms with E-state index in [4.69, 9.17) is 4.74 Å². The summed E-state index contributed by atoms with van der Waals surface area (Å²) in [6, 6.07) is 10.5. The summed E-state index contributed by atoms with van der Waals surface area (Å²) in [6.45, 7) is 3.15. The van der Waals surface area contributed by atoms with Crippen molar-refractivity contribution in [2.45, 2.75) is 38.5 Å². The van der Waals surface area contributed by atoms with Crippen molar-refractivity contribution in [3.63, 3.8) is 0 Å². The van der Waals surface area contributed by atoms with E-state index in [1.54, 1.807) is 11.9 Å². The average molecular weight is 368 g/mol. The third-order valence-corrected chi connectivity index (χ3v) is 5.98. The first-order chi connectivity index (χ1) is 13.1. The Morgan fingerprint density at radius 3 is 2.74 bits per heavy atom. The van der Waals surface area contributed by atoms with Crippen LogP contribution in [-0.4, -0.2) is 42.5 Å². The molecule has 1 atom stereocenters. The van der Waals surface area contributed by atoms with Gasteiger partial charge in [-0.25, -0.2) is 0 Å². The molecule has 5 heteroatoms. The molecule has 3 rings (SSSR count). The van der Waals surface area contributed by atoms with Crippen LogP contribution in [0.25, 0.3) is 10.9 Å². The Morgan fingerprint density at radius 1 is 1.26 bits per heavy atom. The molecule has 5 nitrogen and oxygen atoms in total. The van der Waals surface area contributed by atoms with Gasteiger partial charge >= 0.3 is 0 Å². The number of hydrogen-bond donors (Lipinski definition) is 0. The molecule has 1 fully saturated rings. The predicted octanol–water partition coefficient (Wildman–Crippen LogP) is 3.78. The predicted molar refractivity (Wildman–Crippen MR) is 105 cm³/mol. The van der Waals surface area contributed by atoms with Crippen LogP contribution in [0, 0.1) is 11.8 Å². The molecule has 1 aromatic heterocycles. The quantitative estimate of drug-likeness (QED) is 0.551. The van der Waals surface area contributed by atoms with E-state index < -0.39 is 0 Å². The Morgan fingerprint density at radius 2 is 2.00 bits per heavy atom. The molecule has 144 valence electrons. The lowest BCUT2D eigenvalue weighted by Crippen LogP contribution is -2.38. The number of amides is 1. The van der Waals surface area contributed by atoms with Crippen LogP contribution in [0.1, 0.15) is 44.1 Å². The number of ether oxygens (including phenoxy) is 1. The highest BCUT2D eigenvalue weighted by Crippen LogP contribution is 2.40. The molecule has 1 aliphatic carbocycles. The number of fused-ring (bicyclic) bond motifs is 1. The molecular formula is C22H28N2O3. The van der Waals surface area contributed by atoms with Crippen molar-refractivity contribution in [2.75, 3.05) is 20.2 Å². The van der Waals surface area contributed by atoms with Crippen LogP contribution in [0.15, 0.2) is 36.5 Å². The van der Waals surface area contributed by atoms with Crippen LogP contribution in [0.4, 0.5) is 0 Å². The van der Waals surface area contributed by atoms with Crippen molar-refractivity contribution in [3.8, 4) is 0 Å². The molecule has 0 radical (unpaired) electrons. The fraction of sp³-hybridized carbons (Fsp3) is 0.500.